The van der Waals surface area contributed by atoms with Crippen molar-refractivity contribution in [3.63, 3.8) is 0 Å². The van der Waals surface area contributed by atoms with E-state index in [-0.39, 0.29) is 12.1 Å². The monoisotopic (exact) mass is 318 g/mol. The summed E-state index contributed by atoms with van der Waals surface area (Å²) in [6.07, 6.45) is 2.02. The molecule has 1 aliphatic rings. The van der Waals surface area contributed by atoms with Crippen molar-refractivity contribution in [2.45, 2.75) is 18.9 Å². The molecule has 2 rings (SSSR count). The van der Waals surface area contributed by atoms with Crippen LogP contribution in [0.5, 0.6) is 0 Å². The van der Waals surface area contributed by atoms with Gasteiger partial charge in [0, 0.05) is 16.1 Å². The van der Waals surface area contributed by atoms with Crippen molar-refractivity contribution in [3.8, 4) is 0 Å². The van der Waals surface area contributed by atoms with Gasteiger partial charge >= 0.3 is 5.97 Å². The van der Waals surface area contributed by atoms with E-state index >= 15 is 0 Å². The third-order valence-corrected chi connectivity index (χ3v) is 3.50. The van der Waals surface area contributed by atoms with Gasteiger partial charge in [0.2, 0.25) is 0 Å². The first-order valence-corrected chi connectivity index (χ1v) is 6.57. The number of esters is 1. The molecule has 1 aromatic rings. The van der Waals surface area contributed by atoms with Crippen molar-refractivity contribution >= 4 is 33.5 Å². The molecule has 1 aliphatic heterocycles. The molecule has 0 amide bonds. The van der Waals surface area contributed by atoms with Crippen LogP contribution in [-0.2, 0) is 9.47 Å². The Morgan fingerprint density at radius 1 is 1.59 bits per heavy atom. The summed E-state index contributed by atoms with van der Waals surface area (Å²) < 4.78 is 11.3. The van der Waals surface area contributed by atoms with E-state index in [2.05, 4.69) is 15.9 Å². The maximum Gasteiger partial charge on any atom is 0.339 e. The Bertz CT molecular complexity index is 416. The zero-order valence-corrected chi connectivity index (χ0v) is 11.5. The minimum atomic E-state index is -0.380. The molecular formula is C12H12BrClO3. The van der Waals surface area contributed by atoms with Crippen LogP contribution in [0.2, 0.25) is 5.02 Å². The lowest BCUT2D eigenvalue weighted by Crippen LogP contribution is -2.18. The Hall–Kier alpha value is -0.580. The second-order valence-corrected chi connectivity index (χ2v) is 5.15. The van der Waals surface area contributed by atoms with Gasteiger partial charge in [-0.25, -0.2) is 4.79 Å². The molecule has 0 aliphatic carbocycles. The zero-order valence-electron chi connectivity index (χ0n) is 9.12. The Balaban J connectivity index is 1.96. The minimum Gasteiger partial charge on any atom is -0.459 e. The van der Waals surface area contributed by atoms with Gasteiger partial charge in [0.15, 0.2) is 0 Å². The molecule has 0 aromatic heterocycles. The number of carbonyl (C=O) groups is 1. The number of carbonyl (C=O) groups excluding carboxylic acids is 1. The van der Waals surface area contributed by atoms with E-state index in [1.165, 1.54) is 0 Å². The van der Waals surface area contributed by atoms with Gasteiger partial charge in [0.1, 0.15) is 6.61 Å². The lowest BCUT2D eigenvalue weighted by molar-refractivity contribution is 0.0160. The van der Waals surface area contributed by atoms with Gasteiger partial charge in [-0.1, -0.05) is 11.6 Å². The van der Waals surface area contributed by atoms with Crippen LogP contribution in [0.15, 0.2) is 22.7 Å². The highest BCUT2D eigenvalue weighted by molar-refractivity contribution is 9.10. The molecule has 0 saturated carbocycles. The highest BCUT2D eigenvalue weighted by atomic mass is 79.9. The van der Waals surface area contributed by atoms with Crippen LogP contribution in [0, 0.1) is 0 Å². The van der Waals surface area contributed by atoms with E-state index in [1.807, 2.05) is 0 Å². The van der Waals surface area contributed by atoms with E-state index in [1.54, 1.807) is 18.2 Å². The second kappa shape index (κ2) is 5.85. The Kier molecular flexibility index (Phi) is 4.42. The van der Waals surface area contributed by atoms with E-state index in [4.69, 9.17) is 21.1 Å². The van der Waals surface area contributed by atoms with Crippen molar-refractivity contribution in [2.24, 2.45) is 0 Å². The van der Waals surface area contributed by atoms with Crippen LogP contribution in [0.4, 0.5) is 0 Å². The third kappa shape index (κ3) is 3.44. The number of rotatable bonds is 3. The summed E-state index contributed by atoms with van der Waals surface area (Å²) in [6.45, 7) is 1.06. The van der Waals surface area contributed by atoms with Crippen LogP contribution in [0.3, 0.4) is 0 Å². The van der Waals surface area contributed by atoms with Crippen LogP contribution < -0.4 is 0 Å². The zero-order chi connectivity index (χ0) is 12.3. The molecule has 17 heavy (non-hydrogen) atoms. The molecule has 0 N–H and O–H groups in total. The fourth-order valence-electron chi connectivity index (χ4n) is 1.68. The van der Waals surface area contributed by atoms with Crippen molar-refractivity contribution in [3.05, 3.63) is 33.3 Å². The van der Waals surface area contributed by atoms with Gasteiger partial charge in [-0.3, -0.25) is 0 Å². The van der Waals surface area contributed by atoms with Crippen LogP contribution in [0.1, 0.15) is 23.2 Å². The maximum absolute atomic E-state index is 11.8. The van der Waals surface area contributed by atoms with Gasteiger partial charge in [-0.05, 0) is 47.0 Å². The van der Waals surface area contributed by atoms with Gasteiger partial charge in [0.25, 0.3) is 0 Å². The van der Waals surface area contributed by atoms with Crippen molar-refractivity contribution in [1.82, 2.24) is 0 Å². The Morgan fingerprint density at radius 2 is 2.41 bits per heavy atom. The summed E-state index contributed by atoms with van der Waals surface area (Å²) in [7, 11) is 0. The quantitative estimate of drug-likeness (QED) is 0.801. The molecule has 1 fully saturated rings. The van der Waals surface area contributed by atoms with Crippen molar-refractivity contribution in [1.29, 1.82) is 0 Å². The van der Waals surface area contributed by atoms with Crippen LogP contribution in [0.25, 0.3) is 0 Å². The summed E-state index contributed by atoms with van der Waals surface area (Å²) in [5.41, 5.74) is 0.440. The molecule has 1 heterocycles. The SMILES string of the molecule is O=C(OCC1CCCO1)c1cc(Cl)ccc1Br. The normalized spacial score (nSPS) is 19.3. The van der Waals surface area contributed by atoms with E-state index in [9.17, 15) is 4.79 Å². The Labute approximate surface area is 113 Å². The molecule has 92 valence electrons. The summed E-state index contributed by atoms with van der Waals surface area (Å²) in [6, 6.07) is 5.02. The maximum atomic E-state index is 11.8. The Morgan fingerprint density at radius 3 is 3.12 bits per heavy atom. The second-order valence-electron chi connectivity index (χ2n) is 3.86. The van der Waals surface area contributed by atoms with E-state index in [0.717, 1.165) is 19.4 Å². The third-order valence-electron chi connectivity index (χ3n) is 2.57. The average molecular weight is 320 g/mol. The fraction of sp³-hybridized carbons (Fsp3) is 0.417. The lowest BCUT2D eigenvalue weighted by Gasteiger charge is -2.11. The molecule has 0 bridgehead atoms. The minimum absolute atomic E-state index is 0.0388. The first-order chi connectivity index (χ1) is 8.16. The molecule has 5 heteroatoms. The smallest absolute Gasteiger partial charge is 0.339 e. The van der Waals surface area contributed by atoms with Gasteiger partial charge in [-0.15, -0.1) is 0 Å². The number of ether oxygens (including phenoxy) is 2. The standard InChI is InChI=1S/C12H12BrClO3/c13-11-4-3-8(14)6-10(11)12(15)17-7-9-2-1-5-16-9/h3-4,6,9H,1-2,5,7H2. The molecule has 1 saturated heterocycles. The number of halogens is 2. The molecule has 3 nitrogen and oxygen atoms in total. The highest BCUT2D eigenvalue weighted by Gasteiger charge is 2.19. The average Bonchev–Trinajstić information content (AvgIpc) is 2.82. The largest absolute Gasteiger partial charge is 0.459 e. The summed E-state index contributed by atoms with van der Waals surface area (Å²) in [5, 5.41) is 0.511. The predicted octanol–water partition coefficient (Wildman–Crippen LogP) is 3.44. The molecule has 1 unspecified atom stereocenters. The number of hydrogen-bond acceptors (Lipinski definition) is 3. The molecule has 1 atom stereocenters. The number of hydrogen-bond donors (Lipinski definition) is 0. The molecule has 1 aromatic carbocycles. The van der Waals surface area contributed by atoms with Crippen LogP contribution >= 0.6 is 27.5 Å². The summed E-state index contributed by atoms with van der Waals surface area (Å²) >= 11 is 9.13. The van der Waals surface area contributed by atoms with E-state index < -0.39 is 0 Å². The van der Waals surface area contributed by atoms with E-state index in [0.29, 0.717) is 21.7 Å². The first-order valence-electron chi connectivity index (χ1n) is 5.40. The van der Waals surface area contributed by atoms with Crippen molar-refractivity contribution < 1.29 is 14.3 Å². The summed E-state index contributed by atoms with van der Waals surface area (Å²) in [5.74, 6) is -0.380. The summed E-state index contributed by atoms with van der Waals surface area (Å²) in [4.78, 5) is 11.8. The van der Waals surface area contributed by atoms with Gasteiger partial charge < -0.3 is 9.47 Å². The molecular weight excluding hydrogens is 307 g/mol. The topological polar surface area (TPSA) is 35.5 Å². The first kappa shape index (κ1) is 12.9. The van der Waals surface area contributed by atoms with Gasteiger partial charge in [-0.2, -0.15) is 0 Å². The fourth-order valence-corrected chi connectivity index (χ4v) is 2.26. The predicted molar refractivity (Wildman–Crippen MR) is 68.4 cm³/mol. The number of benzene rings is 1. The van der Waals surface area contributed by atoms with Crippen molar-refractivity contribution in [2.75, 3.05) is 13.2 Å². The highest BCUT2D eigenvalue weighted by Crippen LogP contribution is 2.22. The lowest BCUT2D eigenvalue weighted by atomic mass is 10.2. The van der Waals surface area contributed by atoms with Gasteiger partial charge in [0.05, 0.1) is 11.7 Å². The molecule has 0 spiro atoms. The molecule has 0 radical (unpaired) electrons. The van der Waals surface area contributed by atoms with Crippen LogP contribution in [-0.4, -0.2) is 25.3 Å².